The summed E-state index contributed by atoms with van der Waals surface area (Å²) >= 11 is 0. The average molecular weight is 489 g/mol. The van der Waals surface area contributed by atoms with Gasteiger partial charge in [-0.05, 0) is 70.8 Å². The number of hydrogen-bond acceptors (Lipinski definition) is 8. The molecule has 1 unspecified atom stereocenters. The molecular weight excluding hydrogens is 452 g/mol. The summed E-state index contributed by atoms with van der Waals surface area (Å²) < 4.78 is 1.85. The summed E-state index contributed by atoms with van der Waals surface area (Å²) in [4.78, 5) is 18.2. The second-order valence-corrected chi connectivity index (χ2v) is 10.3. The molecule has 0 aromatic carbocycles. The Morgan fingerprint density at radius 1 is 1.28 bits per heavy atom. The van der Waals surface area contributed by atoms with Crippen LogP contribution in [0.2, 0.25) is 0 Å². The Bertz CT molecular complexity index is 1280. The summed E-state index contributed by atoms with van der Waals surface area (Å²) in [5.74, 6) is 6.69. The third-order valence-corrected chi connectivity index (χ3v) is 7.20. The number of nitrogens with zero attached hydrogens (tertiary/aromatic N) is 7. The van der Waals surface area contributed by atoms with E-state index in [2.05, 4.69) is 47.9 Å². The molecule has 2 saturated carbocycles. The molecule has 3 aliphatic rings. The molecular formula is C27H36N8O. The van der Waals surface area contributed by atoms with Gasteiger partial charge in [0.05, 0.1) is 12.2 Å². The largest absolute Gasteiger partial charge is 0.378 e. The second-order valence-electron chi connectivity index (χ2n) is 10.3. The van der Waals surface area contributed by atoms with Gasteiger partial charge in [-0.1, -0.05) is 5.92 Å². The average Bonchev–Trinajstić information content (AvgIpc) is 3.73. The number of aliphatic imine (C=N–C) groups is 1. The first-order chi connectivity index (χ1) is 17.3. The summed E-state index contributed by atoms with van der Waals surface area (Å²) in [7, 11) is 0. The predicted molar refractivity (Wildman–Crippen MR) is 143 cm³/mol. The number of rotatable bonds is 8. The van der Waals surface area contributed by atoms with Crippen molar-refractivity contribution in [3.63, 3.8) is 0 Å². The Kier molecular flexibility index (Phi) is 6.58. The van der Waals surface area contributed by atoms with Crippen LogP contribution < -0.4 is 5.73 Å². The van der Waals surface area contributed by atoms with Crippen molar-refractivity contribution >= 4 is 28.8 Å². The zero-order valence-corrected chi connectivity index (χ0v) is 21.6. The first kappa shape index (κ1) is 24.5. The number of aliphatic hydroxyl groups is 1. The van der Waals surface area contributed by atoms with E-state index in [0.717, 1.165) is 60.8 Å². The van der Waals surface area contributed by atoms with Gasteiger partial charge in [0, 0.05) is 44.3 Å². The topological polar surface area (TPSA) is 109 Å². The van der Waals surface area contributed by atoms with Crippen LogP contribution in [-0.4, -0.2) is 71.6 Å². The Morgan fingerprint density at radius 3 is 2.67 bits per heavy atom. The van der Waals surface area contributed by atoms with Crippen molar-refractivity contribution in [2.45, 2.75) is 77.6 Å². The standard InChI is InChI=1S/C27H36N8O/c1-5-29-20(11-12-27(4,36)19-7-8-19)14-33(22-15-34(16-22)21-9-10-21)13-18(3)24-25-23(30-26(28)31-24)17-35(6-2)32-25/h5,13-14,17,19,21-22,36H,6-10,15-16H2,1-4H3,(H2,28,30)/b18-13+,20-14-,29-5?. The number of nitrogens with two attached hydrogens (primary N) is 1. The van der Waals surface area contributed by atoms with Gasteiger partial charge < -0.3 is 15.7 Å². The lowest BCUT2D eigenvalue weighted by Gasteiger charge is -2.44. The fourth-order valence-electron chi connectivity index (χ4n) is 4.68. The third-order valence-electron chi connectivity index (χ3n) is 7.20. The number of likely N-dealkylation sites (tertiary alicyclic amines) is 1. The summed E-state index contributed by atoms with van der Waals surface area (Å²) in [6, 6.07) is 1.04. The summed E-state index contributed by atoms with van der Waals surface area (Å²) in [6.45, 7) is 10.5. The lowest BCUT2D eigenvalue weighted by molar-refractivity contribution is 0.0761. The zero-order chi connectivity index (χ0) is 25.4. The molecule has 0 radical (unpaired) electrons. The van der Waals surface area contributed by atoms with E-state index in [4.69, 9.17) is 5.73 Å². The smallest absolute Gasteiger partial charge is 0.221 e. The number of hydrogen-bond donors (Lipinski definition) is 2. The van der Waals surface area contributed by atoms with Crippen LogP contribution in [0.15, 0.2) is 29.3 Å². The van der Waals surface area contributed by atoms with Crippen molar-refractivity contribution in [3.05, 3.63) is 30.0 Å². The zero-order valence-electron chi connectivity index (χ0n) is 21.6. The first-order valence-corrected chi connectivity index (χ1v) is 12.9. The highest BCUT2D eigenvalue weighted by Crippen LogP contribution is 2.39. The molecule has 1 saturated heterocycles. The summed E-state index contributed by atoms with van der Waals surface area (Å²) in [5.41, 5.74) is 8.83. The van der Waals surface area contributed by atoms with Crippen molar-refractivity contribution in [3.8, 4) is 11.8 Å². The molecule has 0 amide bonds. The minimum atomic E-state index is -0.986. The minimum Gasteiger partial charge on any atom is -0.378 e. The predicted octanol–water partition coefficient (Wildman–Crippen LogP) is 3.03. The van der Waals surface area contributed by atoms with Crippen LogP contribution in [0.5, 0.6) is 0 Å². The highest BCUT2D eigenvalue weighted by molar-refractivity contribution is 5.86. The summed E-state index contributed by atoms with van der Waals surface area (Å²) in [5, 5.41) is 15.4. The molecule has 2 aliphatic carbocycles. The number of nitrogen functional groups attached to an aromatic ring is 1. The molecule has 3 N–H and O–H groups in total. The highest BCUT2D eigenvalue weighted by atomic mass is 16.3. The molecule has 9 heteroatoms. The molecule has 190 valence electrons. The van der Waals surface area contributed by atoms with Gasteiger partial charge in [0.2, 0.25) is 5.95 Å². The molecule has 0 spiro atoms. The minimum absolute atomic E-state index is 0.232. The monoisotopic (exact) mass is 488 g/mol. The van der Waals surface area contributed by atoms with Crippen LogP contribution in [0.1, 0.15) is 59.1 Å². The Morgan fingerprint density at radius 2 is 2.03 bits per heavy atom. The maximum absolute atomic E-state index is 10.7. The quantitative estimate of drug-likeness (QED) is 0.434. The lowest BCUT2D eigenvalue weighted by Crippen LogP contribution is -2.57. The van der Waals surface area contributed by atoms with Crippen LogP contribution in [0.3, 0.4) is 0 Å². The third kappa shape index (κ3) is 5.30. The molecule has 5 rings (SSSR count). The van der Waals surface area contributed by atoms with Crippen LogP contribution in [0, 0.1) is 17.8 Å². The maximum atomic E-state index is 10.7. The lowest BCUT2D eigenvalue weighted by atomic mass is 10.0. The molecule has 9 nitrogen and oxygen atoms in total. The molecule has 1 aliphatic heterocycles. The SMILES string of the molecule is CC=N/C(C#CC(C)(O)C1CC1)=C\N(/C=C(\C)c1nc(N)nc2cn(CC)nc12)C1CN(C2CC2)C1. The molecule has 0 bridgehead atoms. The van der Waals surface area contributed by atoms with E-state index in [9.17, 15) is 5.11 Å². The van der Waals surface area contributed by atoms with E-state index in [1.807, 2.05) is 37.8 Å². The molecule has 3 heterocycles. The Balaban J connectivity index is 1.50. The number of anilines is 1. The van der Waals surface area contributed by atoms with Crippen molar-refractivity contribution in [2.75, 3.05) is 18.8 Å². The van der Waals surface area contributed by atoms with Crippen molar-refractivity contribution in [1.29, 1.82) is 0 Å². The van der Waals surface area contributed by atoms with Crippen LogP contribution in [-0.2, 0) is 6.54 Å². The summed E-state index contributed by atoms with van der Waals surface area (Å²) in [6.07, 6.45) is 12.4. The van der Waals surface area contributed by atoms with Crippen LogP contribution in [0.25, 0.3) is 16.6 Å². The van der Waals surface area contributed by atoms with Gasteiger partial charge in [0.15, 0.2) is 0 Å². The molecule has 1 atom stereocenters. The Hall–Kier alpha value is -3.22. The van der Waals surface area contributed by atoms with Crippen LogP contribution in [0.4, 0.5) is 5.95 Å². The van der Waals surface area contributed by atoms with Gasteiger partial charge in [-0.25, -0.2) is 9.97 Å². The molecule has 36 heavy (non-hydrogen) atoms. The van der Waals surface area contributed by atoms with Crippen LogP contribution >= 0.6 is 0 Å². The number of aromatic nitrogens is 4. The van der Waals surface area contributed by atoms with E-state index >= 15 is 0 Å². The fraction of sp³-hybridized carbons (Fsp3) is 0.556. The van der Waals surface area contributed by atoms with E-state index in [1.54, 1.807) is 13.1 Å². The van der Waals surface area contributed by atoms with E-state index in [0.29, 0.717) is 11.7 Å². The van der Waals surface area contributed by atoms with Crippen molar-refractivity contribution < 1.29 is 5.11 Å². The first-order valence-electron chi connectivity index (χ1n) is 12.9. The number of fused-ring (bicyclic) bond motifs is 1. The fourth-order valence-corrected chi connectivity index (χ4v) is 4.68. The van der Waals surface area contributed by atoms with Gasteiger partial charge in [-0.2, -0.15) is 5.10 Å². The second kappa shape index (κ2) is 9.68. The highest BCUT2D eigenvalue weighted by Gasteiger charge is 2.40. The van der Waals surface area contributed by atoms with Crippen molar-refractivity contribution in [1.82, 2.24) is 29.5 Å². The number of allylic oxidation sites excluding steroid dienone is 2. The molecule has 3 fully saturated rings. The van der Waals surface area contributed by atoms with E-state index < -0.39 is 5.60 Å². The van der Waals surface area contributed by atoms with Gasteiger partial charge >= 0.3 is 0 Å². The molecule has 2 aromatic rings. The van der Waals surface area contributed by atoms with E-state index in [1.165, 1.54) is 12.8 Å². The Labute approximate surface area is 212 Å². The number of aryl methyl sites for hydroxylation is 1. The van der Waals surface area contributed by atoms with Gasteiger partial charge in [0.1, 0.15) is 28.0 Å². The molecule has 2 aromatic heterocycles. The van der Waals surface area contributed by atoms with E-state index in [-0.39, 0.29) is 11.9 Å². The maximum Gasteiger partial charge on any atom is 0.221 e. The van der Waals surface area contributed by atoms with Gasteiger partial charge in [-0.3, -0.25) is 14.6 Å². The van der Waals surface area contributed by atoms with Gasteiger partial charge in [0.25, 0.3) is 0 Å². The van der Waals surface area contributed by atoms with Crippen molar-refractivity contribution in [2.24, 2.45) is 10.9 Å². The van der Waals surface area contributed by atoms with Gasteiger partial charge in [-0.15, -0.1) is 0 Å². The normalized spacial score (nSPS) is 21.4.